The Balaban J connectivity index is 0.00000169. The SMILES string of the molecule is Fc1c(Cl)cccc1C[B-](F)(F)F.[K+]. The van der Waals surface area contributed by atoms with E-state index in [9.17, 15) is 17.3 Å². The molecule has 0 atom stereocenters. The van der Waals surface area contributed by atoms with Gasteiger partial charge in [0.05, 0.1) is 5.02 Å². The molecule has 0 radical (unpaired) electrons. The van der Waals surface area contributed by atoms with Crippen LogP contribution in [0.5, 0.6) is 0 Å². The molecule has 0 fully saturated rings. The summed E-state index contributed by atoms with van der Waals surface area (Å²) in [5, 5.41) is -0.280. The third kappa shape index (κ3) is 4.63. The molecule has 1 aromatic carbocycles. The van der Waals surface area contributed by atoms with Gasteiger partial charge in [-0.15, -0.1) is 0 Å². The van der Waals surface area contributed by atoms with E-state index in [0.29, 0.717) is 0 Å². The Morgan fingerprint density at radius 1 is 1.21 bits per heavy atom. The van der Waals surface area contributed by atoms with Gasteiger partial charge < -0.3 is 12.9 Å². The van der Waals surface area contributed by atoms with Gasteiger partial charge in [0.25, 0.3) is 0 Å². The van der Waals surface area contributed by atoms with Gasteiger partial charge in [-0.2, -0.15) is 0 Å². The molecule has 14 heavy (non-hydrogen) atoms. The van der Waals surface area contributed by atoms with Crippen LogP contribution in [-0.2, 0) is 6.32 Å². The van der Waals surface area contributed by atoms with Crippen molar-refractivity contribution in [3.05, 3.63) is 34.6 Å². The van der Waals surface area contributed by atoms with E-state index >= 15 is 0 Å². The van der Waals surface area contributed by atoms with Gasteiger partial charge in [0.2, 0.25) is 0 Å². The molecular weight excluding hydrogens is 245 g/mol. The van der Waals surface area contributed by atoms with Crippen LogP contribution in [0, 0.1) is 5.82 Å². The molecule has 0 saturated heterocycles. The summed E-state index contributed by atoms with van der Waals surface area (Å²) < 4.78 is 48.6. The summed E-state index contributed by atoms with van der Waals surface area (Å²) in [5.41, 5.74) is -0.403. The van der Waals surface area contributed by atoms with Crippen LogP contribution in [-0.4, -0.2) is 6.98 Å². The molecule has 7 heteroatoms. The normalized spacial score (nSPS) is 10.9. The Morgan fingerprint density at radius 3 is 2.29 bits per heavy atom. The molecule has 0 aromatic heterocycles. The summed E-state index contributed by atoms with van der Waals surface area (Å²) in [7, 11) is 0. The van der Waals surface area contributed by atoms with Gasteiger partial charge >= 0.3 is 58.4 Å². The summed E-state index contributed by atoms with van der Waals surface area (Å²) in [6.07, 6.45) is -1.23. The molecule has 0 bridgehead atoms. The average Bonchev–Trinajstić information content (AvgIpc) is 1.96. The molecule has 0 aliphatic heterocycles. The Kier molecular flexibility index (Phi) is 6.25. The van der Waals surface area contributed by atoms with Gasteiger partial charge in [0, 0.05) is 0 Å². The van der Waals surface area contributed by atoms with Crippen molar-refractivity contribution in [2.24, 2.45) is 0 Å². The summed E-state index contributed by atoms with van der Waals surface area (Å²) in [6.45, 7) is -5.01. The quantitative estimate of drug-likeness (QED) is 0.527. The monoisotopic (exact) mass is 250 g/mol. The third-order valence-corrected chi connectivity index (χ3v) is 1.77. The fourth-order valence-corrected chi connectivity index (χ4v) is 1.15. The molecule has 0 aliphatic carbocycles. The van der Waals surface area contributed by atoms with Crippen molar-refractivity contribution in [3.63, 3.8) is 0 Å². The van der Waals surface area contributed by atoms with Crippen LogP contribution in [0.25, 0.3) is 0 Å². The number of halogens is 5. The number of hydrogen-bond donors (Lipinski definition) is 0. The third-order valence-electron chi connectivity index (χ3n) is 1.48. The summed E-state index contributed by atoms with van der Waals surface area (Å²) in [6, 6.07) is 3.59. The fraction of sp³-hybridized carbons (Fsp3) is 0.143. The predicted molar refractivity (Wildman–Crippen MR) is 44.2 cm³/mol. The predicted octanol–water partition coefficient (Wildman–Crippen LogP) is 0.412. The minimum Gasteiger partial charge on any atom is -0.449 e. The van der Waals surface area contributed by atoms with E-state index in [4.69, 9.17) is 11.6 Å². The molecule has 0 heterocycles. The van der Waals surface area contributed by atoms with Crippen LogP contribution in [0.3, 0.4) is 0 Å². The smallest absolute Gasteiger partial charge is 0.449 e. The van der Waals surface area contributed by atoms with E-state index in [1.54, 1.807) is 0 Å². The fourth-order valence-electron chi connectivity index (χ4n) is 0.955. The van der Waals surface area contributed by atoms with Gasteiger partial charge in [0.1, 0.15) is 5.82 Å². The zero-order valence-electron chi connectivity index (χ0n) is 7.41. The molecule has 0 N–H and O–H groups in total. The number of benzene rings is 1. The summed E-state index contributed by atoms with van der Waals surface area (Å²) in [4.78, 5) is 0. The van der Waals surface area contributed by atoms with Crippen molar-refractivity contribution in [2.75, 3.05) is 0 Å². The van der Waals surface area contributed by atoms with E-state index in [-0.39, 0.29) is 56.4 Å². The van der Waals surface area contributed by atoms with E-state index in [1.807, 2.05) is 0 Å². The molecule has 0 spiro atoms. The van der Waals surface area contributed by atoms with Crippen LogP contribution >= 0.6 is 11.6 Å². The van der Waals surface area contributed by atoms with Crippen molar-refractivity contribution < 1.29 is 68.7 Å². The summed E-state index contributed by atoms with van der Waals surface area (Å²) >= 11 is 5.31. The molecule has 0 saturated carbocycles. The van der Waals surface area contributed by atoms with Gasteiger partial charge in [0.15, 0.2) is 0 Å². The van der Waals surface area contributed by atoms with Crippen molar-refractivity contribution in [3.8, 4) is 0 Å². The second-order valence-corrected chi connectivity index (χ2v) is 3.03. The zero-order valence-corrected chi connectivity index (χ0v) is 11.3. The first-order valence-corrected chi connectivity index (χ1v) is 3.92. The first-order chi connectivity index (χ1) is 5.90. The average molecular weight is 250 g/mol. The minimum atomic E-state index is -5.01. The number of rotatable bonds is 2. The van der Waals surface area contributed by atoms with Crippen LogP contribution in [0.15, 0.2) is 18.2 Å². The van der Waals surface area contributed by atoms with Crippen LogP contribution in [0.2, 0.25) is 5.02 Å². The van der Waals surface area contributed by atoms with Gasteiger partial charge in [-0.25, -0.2) is 4.39 Å². The van der Waals surface area contributed by atoms with E-state index < -0.39 is 24.7 Å². The molecule has 72 valence electrons. The second kappa shape index (κ2) is 5.86. The van der Waals surface area contributed by atoms with Crippen molar-refractivity contribution in [1.82, 2.24) is 0 Å². The largest absolute Gasteiger partial charge is 1.00 e. The van der Waals surface area contributed by atoms with Crippen molar-refractivity contribution >= 4 is 18.6 Å². The molecule has 0 aliphatic rings. The first-order valence-electron chi connectivity index (χ1n) is 3.54. The molecule has 1 aromatic rings. The van der Waals surface area contributed by atoms with Crippen LogP contribution in [0.4, 0.5) is 17.3 Å². The van der Waals surface area contributed by atoms with Crippen LogP contribution in [0.1, 0.15) is 5.56 Å². The standard InChI is InChI=1S/C7H5BClF4.K/c9-6-3-1-2-5(7(6)10)4-8(11,12)13;/h1-3H,4H2;/q-1;+1. The first kappa shape index (κ1) is 14.9. The summed E-state index contributed by atoms with van der Waals surface area (Å²) in [5.74, 6) is -0.983. The molecule has 0 nitrogen and oxygen atoms in total. The Hall–Kier alpha value is 0.931. The topological polar surface area (TPSA) is 0 Å². The van der Waals surface area contributed by atoms with Crippen molar-refractivity contribution in [1.29, 1.82) is 0 Å². The van der Waals surface area contributed by atoms with E-state index in [1.165, 1.54) is 12.1 Å². The van der Waals surface area contributed by atoms with E-state index in [2.05, 4.69) is 0 Å². The maximum absolute atomic E-state index is 12.9. The van der Waals surface area contributed by atoms with Gasteiger partial charge in [-0.3, -0.25) is 0 Å². The maximum atomic E-state index is 12.9. The van der Waals surface area contributed by atoms with Crippen molar-refractivity contribution in [2.45, 2.75) is 6.32 Å². The van der Waals surface area contributed by atoms with Gasteiger partial charge in [-0.1, -0.05) is 30.1 Å². The van der Waals surface area contributed by atoms with Crippen LogP contribution < -0.4 is 51.4 Å². The second-order valence-electron chi connectivity index (χ2n) is 2.63. The molecule has 0 amide bonds. The molecule has 0 unspecified atom stereocenters. The Labute approximate surface area is 126 Å². The minimum absolute atomic E-state index is 0. The maximum Gasteiger partial charge on any atom is 1.00 e. The molecule has 1 rings (SSSR count). The molecular formula is C7H5BClF4K. The number of hydrogen-bond acceptors (Lipinski definition) is 0. The van der Waals surface area contributed by atoms with E-state index in [0.717, 1.165) is 6.07 Å². The van der Waals surface area contributed by atoms with Gasteiger partial charge in [-0.05, 0) is 11.6 Å². The Bertz CT molecular complexity index is 315. The zero-order chi connectivity index (χ0) is 10.1. The Morgan fingerprint density at radius 2 is 1.79 bits per heavy atom.